The average Bonchev–Trinajstić information content (AvgIpc) is 2.56. The maximum atomic E-state index is 11.4. The Kier molecular flexibility index (Phi) is 8.82. The summed E-state index contributed by atoms with van der Waals surface area (Å²) in [6, 6.07) is 0. The van der Waals surface area contributed by atoms with E-state index in [9.17, 15) is 8.42 Å². The maximum absolute atomic E-state index is 11.4. The van der Waals surface area contributed by atoms with Crippen molar-refractivity contribution in [3.8, 4) is 0 Å². The normalized spacial score (nSPS) is 18.0. The molecule has 2 N–H and O–H groups in total. The van der Waals surface area contributed by atoms with Crippen molar-refractivity contribution in [3.05, 3.63) is 0 Å². The van der Waals surface area contributed by atoms with E-state index in [4.69, 9.17) is 9.73 Å². The Morgan fingerprint density at radius 2 is 1.77 bits per heavy atom. The van der Waals surface area contributed by atoms with E-state index in [1.807, 2.05) is 6.92 Å². The number of aliphatic imine (C=N–C) groups is 1. The minimum Gasteiger partial charge on any atom is -0.379 e. The van der Waals surface area contributed by atoms with Gasteiger partial charge in [0.2, 0.25) is 0 Å². The second-order valence-corrected chi connectivity index (χ2v) is 10.8. The minimum atomic E-state index is -2.94. The lowest BCUT2D eigenvalue weighted by atomic mass is 9.90. The second kappa shape index (κ2) is 9.90. The largest absolute Gasteiger partial charge is 0.379 e. The van der Waals surface area contributed by atoms with Gasteiger partial charge in [0.15, 0.2) is 5.96 Å². The molecule has 1 rings (SSSR count). The first-order chi connectivity index (χ1) is 12.0. The van der Waals surface area contributed by atoms with Gasteiger partial charge in [-0.05, 0) is 32.6 Å². The van der Waals surface area contributed by atoms with E-state index in [2.05, 4.69) is 43.2 Å². The number of nitrogens with one attached hydrogen (secondary N) is 2. The zero-order valence-corrected chi connectivity index (χ0v) is 18.2. The Bertz CT molecular complexity index is 553. The highest BCUT2D eigenvalue weighted by Crippen LogP contribution is 2.21. The Hall–Kier alpha value is -0.860. The molecule has 0 radical (unpaired) electrons. The molecular formula is C18H38N4O3S. The van der Waals surface area contributed by atoms with E-state index in [-0.39, 0.29) is 16.7 Å². The maximum Gasteiger partial charge on any atom is 0.191 e. The van der Waals surface area contributed by atoms with Crippen molar-refractivity contribution in [2.75, 3.05) is 57.9 Å². The van der Waals surface area contributed by atoms with Gasteiger partial charge in [0, 0.05) is 44.5 Å². The summed E-state index contributed by atoms with van der Waals surface area (Å²) in [5.41, 5.74) is -0.156. The summed E-state index contributed by atoms with van der Waals surface area (Å²) in [4.78, 5) is 7.12. The number of nitrogens with zero attached hydrogens (tertiary/aromatic N) is 2. The van der Waals surface area contributed by atoms with E-state index < -0.39 is 9.84 Å². The molecule has 0 unspecified atom stereocenters. The van der Waals surface area contributed by atoms with Crippen LogP contribution in [0.2, 0.25) is 0 Å². The fourth-order valence-electron chi connectivity index (χ4n) is 2.76. The molecule has 0 spiro atoms. The van der Waals surface area contributed by atoms with Crippen molar-refractivity contribution in [2.24, 2.45) is 10.4 Å². The molecule has 0 atom stereocenters. The van der Waals surface area contributed by atoms with Crippen LogP contribution in [-0.2, 0) is 14.6 Å². The van der Waals surface area contributed by atoms with Crippen molar-refractivity contribution >= 4 is 15.8 Å². The van der Waals surface area contributed by atoms with Crippen molar-refractivity contribution < 1.29 is 13.2 Å². The molecule has 0 aromatic rings. The molecular weight excluding hydrogens is 352 g/mol. The fourth-order valence-corrected chi connectivity index (χ4v) is 3.68. The van der Waals surface area contributed by atoms with Crippen molar-refractivity contribution in [3.63, 3.8) is 0 Å². The minimum absolute atomic E-state index is 0.00573. The number of hydrogen-bond acceptors (Lipinski definition) is 5. The lowest BCUT2D eigenvalue weighted by molar-refractivity contribution is -0.00834. The van der Waals surface area contributed by atoms with Crippen LogP contribution in [0.1, 0.15) is 41.0 Å². The van der Waals surface area contributed by atoms with Gasteiger partial charge in [-0.3, -0.25) is 9.89 Å². The highest BCUT2D eigenvalue weighted by Gasteiger charge is 2.28. The highest BCUT2D eigenvalue weighted by molar-refractivity contribution is 7.90. The summed E-state index contributed by atoms with van der Waals surface area (Å²) in [6.45, 7) is 16.2. The first-order valence-electron chi connectivity index (χ1n) is 9.48. The number of morpholine rings is 1. The molecule has 1 aliphatic rings. The number of sulfone groups is 1. The van der Waals surface area contributed by atoms with Gasteiger partial charge in [-0.25, -0.2) is 8.42 Å². The van der Waals surface area contributed by atoms with Crippen LogP contribution < -0.4 is 10.6 Å². The summed E-state index contributed by atoms with van der Waals surface area (Å²) >= 11 is 0. The lowest BCUT2D eigenvalue weighted by Gasteiger charge is -2.41. The predicted octanol–water partition coefficient (Wildman–Crippen LogP) is 1.11. The monoisotopic (exact) mass is 390 g/mol. The van der Waals surface area contributed by atoms with E-state index in [1.54, 1.807) is 0 Å². The Labute approximate surface area is 159 Å². The van der Waals surface area contributed by atoms with Crippen LogP contribution in [0.15, 0.2) is 4.99 Å². The van der Waals surface area contributed by atoms with Crippen LogP contribution in [0.5, 0.6) is 0 Å². The molecule has 154 valence electrons. The first kappa shape index (κ1) is 23.2. The van der Waals surface area contributed by atoms with Gasteiger partial charge in [-0.1, -0.05) is 13.8 Å². The Morgan fingerprint density at radius 1 is 1.15 bits per heavy atom. The molecule has 0 aromatic heterocycles. The van der Waals surface area contributed by atoms with Crippen LogP contribution in [0.4, 0.5) is 0 Å². The zero-order valence-electron chi connectivity index (χ0n) is 17.4. The summed E-state index contributed by atoms with van der Waals surface area (Å²) in [5, 5.41) is 6.72. The van der Waals surface area contributed by atoms with Gasteiger partial charge in [-0.2, -0.15) is 0 Å². The zero-order chi connectivity index (χ0) is 19.8. The molecule has 0 saturated carbocycles. The lowest BCUT2D eigenvalue weighted by Crippen LogP contribution is -2.56. The molecule has 0 aliphatic carbocycles. The van der Waals surface area contributed by atoms with Crippen LogP contribution in [0.3, 0.4) is 0 Å². The third-order valence-corrected chi connectivity index (χ3v) is 5.66. The second-order valence-electron chi connectivity index (χ2n) is 8.50. The third kappa shape index (κ3) is 9.19. The van der Waals surface area contributed by atoms with Crippen molar-refractivity contribution in [1.29, 1.82) is 0 Å². The summed E-state index contributed by atoms with van der Waals surface area (Å²) in [7, 11) is -2.94. The molecule has 0 bridgehead atoms. The van der Waals surface area contributed by atoms with Crippen LogP contribution in [0.25, 0.3) is 0 Å². The molecule has 1 fully saturated rings. The predicted molar refractivity (Wildman–Crippen MR) is 109 cm³/mol. The quantitative estimate of drug-likeness (QED) is 0.453. The van der Waals surface area contributed by atoms with Crippen molar-refractivity contribution in [2.45, 2.75) is 46.6 Å². The third-order valence-electron chi connectivity index (χ3n) is 4.71. The molecule has 0 amide bonds. The van der Waals surface area contributed by atoms with E-state index in [0.29, 0.717) is 13.0 Å². The van der Waals surface area contributed by atoms with Crippen LogP contribution in [0, 0.1) is 5.41 Å². The number of hydrogen-bond donors (Lipinski definition) is 2. The average molecular weight is 391 g/mol. The van der Waals surface area contributed by atoms with Crippen LogP contribution >= 0.6 is 0 Å². The Morgan fingerprint density at radius 3 is 2.31 bits per heavy atom. The number of guanidine groups is 1. The van der Waals surface area contributed by atoms with Gasteiger partial charge < -0.3 is 15.4 Å². The van der Waals surface area contributed by atoms with Crippen LogP contribution in [-0.4, -0.2) is 82.8 Å². The molecule has 1 aliphatic heterocycles. The molecule has 7 nitrogen and oxygen atoms in total. The van der Waals surface area contributed by atoms with E-state index in [1.165, 1.54) is 6.26 Å². The van der Waals surface area contributed by atoms with E-state index in [0.717, 1.165) is 45.4 Å². The van der Waals surface area contributed by atoms with Gasteiger partial charge in [0.1, 0.15) is 9.84 Å². The molecule has 26 heavy (non-hydrogen) atoms. The highest BCUT2D eigenvalue weighted by atomic mass is 32.2. The summed E-state index contributed by atoms with van der Waals surface area (Å²) in [6.07, 6.45) is 1.89. The summed E-state index contributed by atoms with van der Waals surface area (Å²) in [5.74, 6) is 0.977. The standard InChI is InChI=1S/C18H38N4O3S/c1-7-19-16(20-14-17(2,3)8-13-26(6,23)24)21-15-18(4,5)22-9-11-25-12-10-22/h7-15H2,1-6H3,(H2,19,20,21). The van der Waals surface area contributed by atoms with Gasteiger partial charge in [0.25, 0.3) is 0 Å². The van der Waals surface area contributed by atoms with Gasteiger partial charge in [0.05, 0.1) is 19.0 Å². The Balaban J connectivity index is 2.61. The molecule has 1 saturated heterocycles. The fraction of sp³-hybridized carbons (Fsp3) is 0.944. The molecule has 1 heterocycles. The first-order valence-corrected chi connectivity index (χ1v) is 11.5. The number of rotatable bonds is 9. The van der Waals surface area contributed by atoms with Gasteiger partial charge >= 0.3 is 0 Å². The summed E-state index contributed by atoms with van der Waals surface area (Å²) < 4.78 is 28.3. The SMILES string of the molecule is CCNC(=NCC(C)(C)CCS(C)(=O)=O)NCC(C)(C)N1CCOCC1. The molecule has 8 heteroatoms. The molecule has 0 aromatic carbocycles. The number of ether oxygens (including phenoxy) is 1. The smallest absolute Gasteiger partial charge is 0.191 e. The van der Waals surface area contributed by atoms with Gasteiger partial charge in [-0.15, -0.1) is 0 Å². The van der Waals surface area contributed by atoms with E-state index >= 15 is 0 Å². The topological polar surface area (TPSA) is 83.0 Å². The van der Waals surface area contributed by atoms with Crippen molar-refractivity contribution in [1.82, 2.24) is 15.5 Å².